The van der Waals surface area contributed by atoms with Crippen LogP contribution in [0, 0.1) is 5.92 Å². The van der Waals surface area contributed by atoms with Crippen molar-refractivity contribution >= 4 is 22.1 Å². The number of thiazole rings is 1. The van der Waals surface area contributed by atoms with Crippen molar-refractivity contribution < 1.29 is 0 Å². The number of hydrogen-bond acceptors (Lipinski definition) is 4. The quantitative estimate of drug-likeness (QED) is 0.770. The van der Waals surface area contributed by atoms with Gasteiger partial charge in [-0.15, -0.1) is 11.3 Å². The highest BCUT2D eigenvalue weighted by atomic mass is 32.1. The molecule has 0 aliphatic carbocycles. The zero-order valence-corrected chi connectivity index (χ0v) is 13.2. The fraction of sp³-hybridized carbons (Fsp3) is 0.294. The van der Waals surface area contributed by atoms with E-state index in [0.29, 0.717) is 5.92 Å². The van der Waals surface area contributed by atoms with Gasteiger partial charge in [0, 0.05) is 29.2 Å². The van der Waals surface area contributed by atoms with Gasteiger partial charge < -0.3 is 5.32 Å². The molecule has 0 saturated heterocycles. The van der Waals surface area contributed by atoms with E-state index in [1.165, 1.54) is 10.3 Å². The number of fused-ring (bicyclic) bond motifs is 1. The molecule has 1 N–H and O–H groups in total. The molecule has 0 bridgehead atoms. The summed E-state index contributed by atoms with van der Waals surface area (Å²) in [6, 6.07) is 10.4. The van der Waals surface area contributed by atoms with Gasteiger partial charge >= 0.3 is 0 Å². The van der Waals surface area contributed by atoms with E-state index in [0.717, 1.165) is 29.2 Å². The maximum atomic E-state index is 4.55. The Morgan fingerprint density at radius 2 is 2.00 bits per heavy atom. The maximum absolute atomic E-state index is 4.55. The molecule has 0 atom stereocenters. The lowest BCUT2D eigenvalue weighted by Crippen LogP contribution is -2.18. The van der Waals surface area contributed by atoms with Gasteiger partial charge in [0.2, 0.25) is 0 Å². The summed E-state index contributed by atoms with van der Waals surface area (Å²) in [6.07, 6.45) is 3.81. The Bertz CT molecular complexity index is 728. The van der Waals surface area contributed by atoms with Crippen LogP contribution in [0.15, 0.2) is 42.7 Å². The van der Waals surface area contributed by atoms with Crippen molar-refractivity contribution in [3.05, 3.63) is 47.6 Å². The smallest absolute Gasteiger partial charge is 0.142 e. The van der Waals surface area contributed by atoms with Crippen LogP contribution in [0.5, 0.6) is 0 Å². The van der Waals surface area contributed by atoms with Crippen molar-refractivity contribution in [1.29, 1.82) is 0 Å². The molecule has 0 saturated carbocycles. The Kier molecular flexibility index (Phi) is 4.27. The SMILES string of the molecule is CC(C)CNCc1cnc(-c2nccc3ccccc23)s1. The number of pyridine rings is 1. The lowest BCUT2D eigenvalue weighted by Gasteiger charge is -2.05. The molecule has 3 rings (SSSR count). The van der Waals surface area contributed by atoms with E-state index in [1.54, 1.807) is 11.3 Å². The monoisotopic (exact) mass is 297 g/mol. The fourth-order valence-electron chi connectivity index (χ4n) is 2.27. The predicted octanol–water partition coefficient (Wildman–Crippen LogP) is 4.10. The number of benzene rings is 1. The highest BCUT2D eigenvalue weighted by Gasteiger charge is 2.09. The first kappa shape index (κ1) is 14.2. The Morgan fingerprint density at radius 3 is 2.86 bits per heavy atom. The largest absolute Gasteiger partial charge is 0.312 e. The van der Waals surface area contributed by atoms with Gasteiger partial charge in [-0.3, -0.25) is 4.98 Å². The number of aromatic nitrogens is 2. The van der Waals surface area contributed by atoms with Crippen LogP contribution in [0.4, 0.5) is 0 Å². The molecule has 1 aromatic carbocycles. The Labute approximate surface area is 129 Å². The average molecular weight is 297 g/mol. The second kappa shape index (κ2) is 6.33. The summed E-state index contributed by atoms with van der Waals surface area (Å²) in [7, 11) is 0. The van der Waals surface area contributed by atoms with E-state index in [4.69, 9.17) is 0 Å². The van der Waals surface area contributed by atoms with Crippen molar-refractivity contribution in [3.63, 3.8) is 0 Å². The summed E-state index contributed by atoms with van der Waals surface area (Å²) in [4.78, 5) is 10.3. The van der Waals surface area contributed by atoms with Crippen LogP contribution >= 0.6 is 11.3 Å². The van der Waals surface area contributed by atoms with E-state index in [-0.39, 0.29) is 0 Å². The number of nitrogens with zero attached hydrogens (tertiary/aromatic N) is 2. The predicted molar refractivity (Wildman–Crippen MR) is 89.4 cm³/mol. The van der Waals surface area contributed by atoms with Crippen LogP contribution in [0.25, 0.3) is 21.5 Å². The number of nitrogens with one attached hydrogen (secondary N) is 1. The van der Waals surface area contributed by atoms with Crippen molar-refractivity contribution in [2.75, 3.05) is 6.54 Å². The standard InChI is InChI=1S/C17H19N3S/c1-12(2)9-18-10-14-11-20-17(21-14)16-15-6-4-3-5-13(15)7-8-19-16/h3-8,11-12,18H,9-10H2,1-2H3. The van der Waals surface area contributed by atoms with Gasteiger partial charge in [0.1, 0.15) is 10.7 Å². The molecule has 2 heterocycles. The lowest BCUT2D eigenvalue weighted by atomic mass is 10.1. The minimum atomic E-state index is 0.664. The summed E-state index contributed by atoms with van der Waals surface area (Å²) in [6.45, 7) is 6.33. The molecular weight excluding hydrogens is 278 g/mol. The van der Waals surface area contributed by atoms with Crippen molar-refractivity contribution in [1.82, 2.24) is 15.3 Å². The first-order valence-electron chi connectivity index (χ1n) is 7.23. The third kappa shape index (κ3) is 3.28. The summed E-state index contributed by atoms with van der Waals surface area (Å²) < 4.78 is 0. The molecule has 3 nitrogen and oxygen atoms in total. The fourth-order valence-corrected chi connectivity index (χ4v) is 3.17. The molecule has 0 amide bonds. The minimum absolute atomic E-state index is 0.664. The molecule has 2 aromatic heterocycles. The Balaban J connectivity index is 1.85. The van der Waals surface area contributed by atoms with Gasteiger partial charge in [-0.2, -0.15) is 0 Å². The Hall–Kier alpha value is -1.78. The van der Waals surface area contributed by atoms with Gasteiger partial charge in [0.25, 0.3) is 0 Å². The van der Waals surface area contributed by atoms with Crippen LogP contribution in [0.1, 0.15) is 18.7 Å². The third-order valence-corrected chi connectivity index (χ3v) is 4.29. The van der Waals surface area contributed by atoms with Crippen LogP contribution < -0.4 is 5.32 Å². The van der Waals surface area contributed by atoms with Crippen LogP contribution in [0.3, 0.4) is 0 Å². The zero-order chi connectivity index (χ0) is 14.7. The number of rotatable bonds is 5. The second-order valence-corrected chi connectivity index (χ2v) is 6.65. The highest BCUT2D eigenvalue weighted by Crippen LogP contribution is 2.29. The van der Waals surface area contributed by atoms with E-state index >= 15 is 0 Å². The molecule has 3 aromatic rings. The van der Waals surface area contributed by atoms with Crippen molar-refractivity contribution in [2.45, 2.75) is 20.4 Å². The minimum Gasteiger partial charge on any atom is -0.312 e. The molecular formula is C17H19N3S. The van der Waals surface area contributed by atoms with Crippen molar-refractivity contribution in [3.8, 4) is 10.7 Å². The zero-order valence-electron chi connectivity index (χ0n) is 12.3. The molecule has 21 heavy (non-hydrogen) atoms. The molecule has 0 spiro atoms. The first-order valence-corrected chi connectivity index (χ1v) is 8.05. The van der Waals surface area contributed by atoms with E-state index in [1.807, 2.05) is 24.5 Å². The maximum Gasteiger partial charge on any atom is 0.142 e. The molecule has 4 heteroatoms. The van der Waals surface area contributed by atoms with Crippen molar-refractivity contribution in [2.24, 2.45) is 5.92 Å². The molecule has 0 unspecified atom stereocenters. The van der Waals surface area contributed by atoms with Crippen LogP contribution in [0.2, 0.25) is 0 Å². The summed E-state index contributed by atoms with van der Waals surface area (Å²) >= 11 is 1.72. The van der Waals surface area contributed by atoms with Crippen LogP contribution in [-0.2, 0) is 6.54 Å². The van der Waals surface area contributed by atoms with Gasteiger partial charge in [0.05, 0.1) is 0 Å². The molecule has 0 fully saturated rings. The summed E-state index contributed by atoms with van der Waals surface area (Å²) in [5.74, 6) is 0.664. The lowest BCUT2D eigenvalue weighted by molar-refractivity contribution is 0.554. The van der Waals surface area contributed by atoms with Gasteiger partial charge in [0.15, 0.2) is 0 Å². The van der Waals surface area contributed by atoms with Crippen LogP contribution in [-0.4, -0.2) is 16.5 Å². The highest BCUT2D eigenvalue weighted by molar-refractivity contribution is 7.15. The third-order valence-electron chi connectivity index (χ3n) is 3.28. The molecule has 0 aliphatic heterocycles. The number of hydrogen-bond donors (Lipinski definition) is 1. The first-order chi connectivity index (χ1) is 10.2. The molecule has 0 radical (unpaired) electrons. The second-order valence-electron chi connectivity index (χ2n) is 5.54. The van der Waals surface area contributed by atoms with E-state index < -0.39 is 0 Å². The topological polar surface area (TPSA) is 37.8 Å². The molecule has 108 valence electrons. The van der Waals surface area contributed by atoms with Gasteiger partial charge in [-0.1, -0.05) is 38.1 Å². The van der Waals surface area contributed by atoms with Gasteiger partial charge in [-0.05, 0) is 23.9 Å². The summed E-state index contributed by atoms with van der Waals surface area (Å²) in [5, 5.41) is 6.82. The average Bonchev–Trinajstić information content (AvgIpc) is 2.95. The van der Waals surface area contributed by atoms with E-state index in [2.05, 4.69) is 47.3 Å². The normalized spacial score (nSPS) is 11.4. The van der Waals surface area contributed by atoms with E-state index in [9.17, 15) is 0 Å². The summed E-state index contributed by atoms with van der Waals surface area (Å²) in [5.41, 5.74) is 0.980. The van der Waals surface area contributed by atoms with Gasteiger partial charge in [-0.25, -0.2) is 4.98 Å². The molecule has 0 aliphatic rings. The Morgan fingerprint density at radius 1 is 1.14 bits per heavy atom.